The lowest BCUT2D eigenvalue weighted by molar-refractivity contribution is -0.123. The number of carbonyl (C=O) groups is 1. The normalized spacial score (nSPS) is 10.7. The molecule has 0 aromatic heterocycles. The summed E-state index contributed by atoms with van der Waals surface area (Å²) in [6, 6.07) is 25.6. The van der Waals surface area contributed by atoms with Crippen molar-refractivity contribution in [3.05, 3.63) is 88.0 Å². The third-order valence-electron chi connectivity index (χ3n) is 3.58. The van der Waals surface area contributed by atoms with Crippen molar-refractivity contribution < 1.29 is 9.53 Å². The van der Waals surface area contributed by atoms with Gasteiger partial charge in [-0.3, -0.25) is 4.79 Å². The van der Waals surface area contributed by atoms with Crippen LogP contribution in [0.2, 0.25) is 0 Å². The van der Waals surface area contributed by atoms with Crippen LogP contribution in [0.15, 0.2) is 84.0 Å². The fourth-order valence-electron chi connectivity index (χ4n) is 2.32. The molecule has 1 amide bonds. The molecule has 0 spiro atoms. The number of benzene rings is 3. The molecule has 0 radical (unpaired) electrons. The molecule has 3 aromatic carbocycles. The van der Waals surface area contributed by atoms with E-state index in [9.17, 15) is 4.79 Å². The highest BCUT2D eigenvalue weighted by molar-refractivity contribution is 14.1. The lowest BCUT2D eigenvalue weighted by Gasteiger charge is -2.06. The van der Waals surface area contributed by atoms with Gasteiger partial charge in [0.15, 0.2) is 6.61 Å². The standard InChI is InChI=1S/C21H17IN2O2/c22-19-8-4-5-16(13-19)14-23-24-21(25)15-26-20-11-9-18(10-12-20)17-6-2-1-3-7-17/h1-14H,15H2,(H,24,25)/b23-14-. The van der Waals surface area contributed by atoms with E-state index in [4.69, 9.17) is 4.74 Å². The average Bonchev–Trinajstić information content (AvgIpc) is 2.68. The van der Waals surface area contributed by atoms with Gasteiger partial charge in [0.1, 0.15) is 5.75 Å². The number of hydrogen-bond donors (Lipinski definition) is 1. The van der Waals surface area contributed by atoms with Gasteiger partial charge in [0.05, 0.1) is 6.21 Å². The Hall–Kier alpha value is -2.67. The van der Waals surface area contributed by atoms with Gasteiger partial charge in [0.25, 0.3) is 5.91 Å². The van der Waals surface area contributed by atoms with Crippen molar-refractivity contribution >= 4 is 34.7 Å². The summed E-state index contributed by atoms with van der Waals surface area (Å²) in [5, 5.41) is 3.94. The molecular weight excluding hydrogens is 439 g/mol. The number of hydrazone groups is 1. The van der Waals surface area contributed by atoms with Crippen molar-refractivity contribution in [3.8, 4) is 16.9 Å². The van der Waals surface area contributed by atoms with Crippen molar-refractivity contribution in [2.24, 2.45) is 5.10 Å². The zero-order chi connectivity index (χ0) is 18.2. The highest BCUT2D eigenvalue weighted by atomic mass is 127. The monoisotopic (exact) mass is 456 g/mol. The highest BCUT2D eigenvalue weighted by Gasteiger charge is 2.02. The van der Waals surface area contributed by atoms with E-state index in [2.05, 4.69) is 45.3 Å². The Labute approximate surface area is 166 Å². The summed E-state index contributed by atoms with van der Waals surface area (Å²) < 4.78 is 6.60. The molecule has 0 bridgehead atoms. The van der Waals surface area contributed by atoms with Gasteiger partial charge >= 0.3 is 0 Å². The predicted molar refractivity (Wildman–Crippen MR) is 112 cm³/mol. The summed E-state index contributed by atoms with van der Waals surface area (Å²) in [5.74, 6) is 0.334. The van der Waals surface area contributed by atoms with Crippen LogP contribution in [0.4, 0.5) is 0 Å². The summed E-state index contributed by atoms with van der Waals surface area (Å²) in [7, 11) is 0. The number of amides is 1. The van der Waals surface area contributed by atoms with E-state index in [-0.39, 0.29) is 12.5 Å². The van der Waals surface area contributed by atoms with Gasteiger partial charge in [0.2, 0.25) is 0 Å². The minimum Gasteiger partial charge on any atom is -0.484 e. The van der Waals surface area contributed by atoms with Crippen LogP contribution < -0.4 is 10.2 Å². The summed E-state index contributed by atoms with van der Waals surface area (Å²) in [5.41, 5.74) is 5.63. The maximum Gasteiger partial charge on any atom is 0.277 e. The largest absolute Gasteiger partial charge is 0.484 e. The second-order valence-electron chi connectivity index (χ2n) is 5.53. The zero-order valence-corrected chi connectivity index (χ0v) is 16.1. The van der Waals surface area contributed by atoms with Crippen LogP contribution in [0, 0.1) is 3.57 Å². The predicted octanol–water partition coefficient (Wildman–Crippen LogP) is 4.49. The van der Waals surface area contributed by atoms with Crippen LogP contribution in [0.25, 0.3) is 11.1 Å². The number of rotatable bonds is 6. The first-order valence-corrected chi connectivity index (χ1v) is 9.14. The molecule has 3 rings (SSSR count). The number of nitrogens with zero attached hydrogens (tertiary/aromatic N) is 1. The van der Waals surface area contributed by atoms with Gasteiger partial charge in [-0.1, -0.05) is 54.6 Å². The lowest BCUT2D eigenvalue weighted by Crippen LogP contribution is -2.24. The highest BCUT2D eigenvalue weighted by Crippen LogP contribution is 2.21. The number of halogens is 1. The zero-order valence-electron chi connectivity index (χ0n) is 13.9. The van der Waals surface area contributed by atoms with E-state index in [1.54, 1.807) is 6.21 Å². The van der Waals surface area contributed by atoms with Crippen LogP contribution in [-0.4, -0.2) is 18.7 Å². The molecule has 0 heterocycles. The first-order valence-electron chi connectivity index (χ1n) is 8.06. The van der Waals surface area contributed by atoms with Crippen molar-refractivity contribution in [1.29, 1.82) is 0 Å². The van der Waals surface area contributed by atoms with Gasteiger partial charge in [-0.15, -0.1) is 0 Å². The molecule has 3 aromatic rings. The van der Waals surface area contributed by atoms with E-state index in [1.807, 2.05) is 66.7 Å². The molecule has 0 aliphatic rings. The Morgan fingerprint density at radius 1 is 0.962 bits per heavy atom. The quantitative estimate of drug-likeness (QED) is 0.338. The Balaban J connectivity index is 1.48. The molecule has 0 saturated heterocycles. The molecule has 4 nitrogen and oxygen atoms in total. The lowest BCUT2D eigenvalue weighted by atomic mass is 10.1. The third kappa shape index (κ3) is 5.42. The first kappa shape index (κ1) is 18.1. The van der Waals surface area contributed by atoms with Crippen LogP contribution in [-0.2, 0) is 4.79 Å². The van der Waals surface area contributed by atoms with Crippen molar-refractivity contribution in [3.63, 3.8) is 0 Å². The van der Waals surface area contributed by atoms with E-state index < -0.39 is 0 Å². The van der Waals surface area contributed by atoms with Gasteiger partial charge in [-0.05, 0) is 63.5 Å². The molecule has 0 atom stereocenters. The van der Waals surface area contributed by atoms with Gasteiger partial charge in [-0.25, -0.2) is 5.43 Å². The second kappa shape index (κ2) is 9.15. The van der Waals surface area contributed by atoms with Crippen LogP contribution in [0.5, 0.6) is 5.75 Å². The third-order valence-corrected chi connectivity index (χ3v) is 4.25. The topological polar surface area (TPSA) is 50.7 Å². The van der Waals surface area contributed by atoms with Gasteiger partial charge in [0, 0.05) is 3.57 Å². The molecule has 0 aliphatic heterocycles. The van der Waals surface area contributed by atoms with E-state index >= 15 is 0 Å². The Morgan fingerprint density at radius 3 is 2.42 bits per heavy atom. The van der Waals surface area contributed by atoms with E-state index in [0.717, 1.165) is 20.3 Å². The van der Waals surface area contributed by atoms with Crippen molar-refractivity contribution in [1.82, 2.24) is 5.43 Å². The summed E-state index contributed by atoms with van der Waals surface area (Å²) in [4.78, 5) is 11.8. The summed E-state index contributed by atoms with van der Waals surface area (Å²) >= 11 is 2.23. The molecule has 26 heavy (non-hydrogen) atoms. The number of ether oxygens (including phenoxy) is 1. The molecule has 5 heteroatoms. The molecule has 0 saturated carbocycles. The molecule has 0 aliphatic carbocycles. The van der Waals surface area contributed by atoms with Gasteiger partial charge in [-0.2, -0.15) is 5.10 Å². The minimum absolute atomic E-state index is 0.0889. The SMILES string of the molecule is O=C(COc1ccc(-c2ccccc2)cc1)N/N=C\c1cccc(I)c1. The average molecular weight is 456 g/mol. The molecule has 1 N–H and O–H groups in total. The van der Waals surface area contributed by atoms with E-state index in [1.165, 1.54) is 0 Å². The molecule has 0 fully saturated rings. The number of carbonyl (C=O) groups excluding carboxylic acids is 1. The number of nitrogens with one attached hydrogen (secondary N) is 1. The van der Waals surface area contributed by atoms with Crippen LogP contribution in [0.3, 0.4) is 0 Å². The van der Waals surface area contributed by atoms with Gasteiger partial charge < -0.3 is 4.74 Å². The first-order chi connectivity index (χ1) is 12.7. The Morgan fingerprint density at radius 2 is 1.69 bits per heavy atom. The van der Waals surface area contributed by atoms with Crippen molar-refractivity contribution in [2.45, 2.75) is 0 Å². The maximum atomic E-state index is 11.8. The Kier molecular flexibility index (Phi) is 6.38. The van der Waals surface area contributed by atoms with E-state index in [0.29, 0.717) is 5.75 Å². The molecular formula is C21H17IN2O2. The molecule has 130 valence electrons. The fraction of sp³-hybridized carbons (Fsp3) is 0.0476. The van der Waals surface area contributed by atoms with Crippen LogP contribution >= 0.6 is 22.6 Å². The fourth-order valence-corrected chi connectivity index (χ4v) is 2.89. The smallest absolute Gasteiger partial charge is 0.277 e. The second-order valence-corrected chi connectivity index (χ2v) is 6.77. The molecule has 0 unspecified atom stereocenters. The Bertz CT molecular complexity index is 893. The summed E-state index contributed by atoms with van der Waals surface area (Å²) in [6.45, 7) is -0.0889. The number of hydrogen-bond acceptors (Lipinski definition) is 3. The maximum absolute atomic E-state index is 11.8. The minimum atomic E-state index is -0.306. The van der Waals surface area contributed by atoms with Crippen molar-refractivity contribution in [2.75, 3.05) is 6.61 Å². The van der Waals surface area contributed by atoms with Crippen LogP contribution in [0.1, 0.15) is 5.56 Å². The summed E-state index contributed by atoms with van der Waals surface area (Å²) in [6.07, 6.45) is 1.61.